The number of rotatable bonds is 5. The number of para-hydroxylation sites is 1. The topological polar surface area (TPSA) is 90.5 Å². The minimum absolute atomic E-state index is 0.107. The van der Waals surface area contributed by atoms with Gasteiger partial charge in [0.05, 0.1) is 0 Å². The molecule has 1 saturated heterocycles. The van der Waals surface area contributed by atoms with Crippen molar-refractivity contribution >= 4 is 45.8 Å². The number of urea groups is 1. The lowest BCUT2D eigenvalue weighted by Crippen LogP contribution is -2.50. The van der Waals surface area contributed by atoms with Gasteiger partial charge in [-0.1, -0.05) is 46.4 Å². The van der Waals surface area contributed by atoms with Crippen LogP contribution in [0.2, 0.25) is 5.02 Å². The summed E-state index contributed by atoms with van der Waals surface area (Å²) in [7, 11) is 0. The highest BCUT2D eigenvalue weighted by atomic mass is 35.5. The summed E-state index contributed by atoms with van der Waals surface area (Å²) >= 11 is 6.86. The van der Waals surface area contributed by atoms with Crippen LogP contribution in [0, 0.1) is 0 Å². The second kappa shape index (κ2) is 9.76. The SMILES string of the molecule is O=C(NCc1ccc(Cl)cc1)c1nnsc1NC(=O)N1CCN(c2ccccc2)CC1. The molecule has 10 heteroatoms. The monoisotopic (exact) mass is 456 g/mol. The molecule has 160 valence electrons. The molecule has 0 radical (unpaired) electrons. The van der Waals surface area contributed by atoms with Crippen LogP contribution in [0.5, 0.6) is 0 Å². The average molecular weight is 457 g/mol. The fourth-order valence-electron chi connectivity index (χ4n) is 3.27. The summed E-state index contributed by atoms with van der Waals surface area (Å²) in [5.74, 6) is -0.395. The Morgan fingerprint density at radius 2 is 1.71 bits per heavy atom. The van der Waals surface area contributed by atoms with Crippen LogP contribution in [-0.4, -0.2) is 52.6 Å². The van der Waals surface area contributed by atoms with Crippen LogP contribution in [0.4, 0.5) is 15.5 Å². The maximum atomic E-state index is 12.7. The molecule has 1 fully saturated rings. The van der Waals surface area contributed by atoms with Crippen LogP contribution in [0.1, 0.15) is 16.1 Å². The predicted octanol–water partition coefficient (Wildman–Crippen LogP) is 3.48. The quantitative estimate of drug-likeness (QED) is 0.613. The van der Waals surface area contributed by atoms with Crippen molar-refractivity contribution in [3.63, 3.8) is 0 Å². The van der Waals surface area contributed by atoms with Crippen molar-refractivity contribution in [1.82, 2.24) is 19.8 Å². The number of carbonyl (C=O) groups is 2. The number of anilines is 2. The van der Waals surface area contributed by atoms with Crippen molar-refractivity contribution < 1.29 is 9.59 Å². The average Bonchev–Trinajstić information content (AvgIpc) is 3.27. The lowest BCUT2D eigenvalue weighted by atomic mass is 10.2. The van der Waals surface area contributed by atoms with Crippen molar-refractivity contribution in [2.24, 2.45) is 0 Å². The number of nitrogens with zero attached hydrogens (tertiary/aromatic N) is 4. The summed E-state index contributed by atoms with van der Waals surface area (Å²) < 4.78 is 3.83. The summed E-state index contributed by atoms with van der Waals surface area (Å²) in [6.07, 6.45) is 0. The molecule has 2 N–H and O–H groups in total. The Bertz CT molecular complexity index is 1040. The van der Waals surface area contributed by atoms with Gasteiger partial charge in [-0.15, -0.1) is 5.10 Å². The fourth-order valence-corrected chi connectivity index (χ4v) is 3.96. The first kappa shape index (κ1) is 21.1. The third-order valence-corrected chi connectivity index (χ3v) is 5.87. The lowest BCUT2D eigenvalue weighted by Gasteiger charge is -2.35. The van der Waals surface area contributed by atoms with Gasteiger partial charge in [0.15, 0.2) is 10.7 Å². The summed E-state index contributed by atoms with van der Waals surface area (Å²) in [5.41, 5.74) is 2.16. The Morgan fingerprint density at radius 3 is 2.42 bits per heavy atom. The second-order valence-corrected chi connectivity index (χ2v) is 8.19. The predicted molar refractivity (Wildman–Crippen MR) is 122 cm³/mol. The second-order valence-electron chi connectivity index (χ2n) is 7.00. The zero-order valence-electron chi connectivity index (χ0n) is 16.6. The number of benzene rings is 2. The maximum absolute atomic E-state index is 12.7. The number of halogens is 1. The Morgan fingerprint density at radius 1 is 1.00 bits per heavy atom. The van der Waals surface area contributed by atoms with E-state index >= 15 is 0 Å². The molecule has 8 nitrogen and oxygen atoms in total. The van der Waals surface area contributed by atoms with Gasteiger partial charge < -0.3 is 15.1 Å². The summed E-state index contributed by atoms with van der Waals surface area (Å²) in [6.45, 7) is 2.98. The smallest absolute Gasteiger partial charge is 0.322 e. The molecule has 0 unspecified atom stereocenters. The Kier molecular flexibility index (Phi) is 6.63. The van der Waals surface area contributed by atoms with Crippen LogP contribution in [0.25, 0.3) is 0 Å². The fraction of sp³-hybridized carbons (Fsp3) is 0.238. The number of carbonyl (C=O) groups excluding carboxylic acids is 2. The van der Waals surface area contributed by atoms with E-state index in [4.69, 9.17) is 11.6 Å². The standard InChI is InChI=1S/C21H21ClN6O2S/c22-16-8-6-15(7-9-16)14-23-19(29)18-20(31-26-25-18)24-21(30)28-12-10-27(11-13-28)17-4-2-1-3-5-17/h1-9H,10-14H2,(H,23,29)(H,24,30). The molecule has 4 rings (SSSR count). The van der Waals surface area contributed by atoms with Crippen molar-refractivity contribution in [3.8, 4) is 0 Å². The van der Waals surface area contributed by atoms with E-state index < -0.39 is 5.91 Å². The number of piperazine rings is 1. The van der Waals surface area contributed by atoms with Gasteiger partial charge in [-0.2, -0.15) is 0 Å². The summed E-state index contributed by atoms with van der Waals surface area (Å²) in [4.78, 5) is 29.2. The van der Waals surface area contributed by atoms with Crippen molar-refractivity contribution in [2.45, 2.75) is 6.54 Å². The van der Waals surface area contributed by atoms with Crippen molar-refractivity contribution in [3.05, 3.63) is 70.9 Å². The molecule has 0 aliphatic carbocycles. The molecular formula is C21H21ClN6O2S. The summed E-state index contributed by atoms with van der Waals surface area (Å²) in [6, 6.07) is 17.0. The third kappa shape index (κ3) is 5.31. The molecule has 31 heavy (non-hydrogen) atoms. The minimum atomic E-state index is -0.395. The third-order valence-electron chi connectivity index (χ3n) is 4.98. The number of amides is 3. The molecular weight excluding hydrogens is 436 g/mol. The highest BCUT2D eigenvalue weighted by Gasteiger charge is 2.24. The van der Waals surface area contributed by atoms with Gasteiger partial charge >= 0.3 is 6.03 Å². The van der Waals surface area contributed by atoms with Crippen LogP contribution >= 0.6 is 23.1 Å². The number of hydrogen-bond donors (Lipinski definition) is 2. The summed E-state index contributed by atoms with van der Waals surface area (Å²) in [5, 5.41) is 10.4. The van der Waals surface area contributed by atoms with E-state index in [1.54, 1.807) is 17.0 Å². The maximum Gasteiger partial charge on any atom is 0.322 e. The zero-order chi connectivity index (χ0) is 21.6. The van der Waals surface area contributed by atoms with E-state index in [-0.39, 0.29) is 11.7 Å². The molecule has 3 amide bonds. The van der Waals surface area contributed by atoms with Crippen LogP contribution in [0.15, 0.2) is 54.6 Å². The normalized spacial score (nSPS) is 13.7. The van der Waals surface area contributed by atoms with E-state index in [9.17, 15) is 9.59 Å². The van der Waals surface area contributed by atoms with E-state index in [1.165, 1.54) is 0 Å². The van der Waals surface area contributed by atoms with Gasteiger partial charge in [0, 0.05) is 55.0 Å². The number of nitrogens with one attached hydrogen (secondary N) is 2. The van der Waals surface area contributed by atoms with E-state index in [0.29, 0.717) is 29.7 Å². The first-order valence-electron chi connectivity index (χ1n) is 9.81. The van der Waals surface area contributed by atoms with Gasteiger partial charge in [0.2, 0.25) is 0 Å². The molecule has 1 aliphatic heterocycles. The molecule has 2 aromatic carbocycles. The molecule has 0 atom stereocenters. The first-order chi connectivity index (χ1) is 15.1. The van der Waals surface area contributed by atoms with E-state index in [0.717, 1.165) is 35.9 Å². The lowest BCUT2D eigenvalue weighted by molar-refractivity contribution is 0.0946. The van der Waals surface area contributed by atoms with Crippen molar-refractivity contribution in [1.29, 1.82) is 0 Å². The molecule has 1 aliphatic rings. The van der Waals surface area contributed by atoms with Gasteiger partial charge in [-0.05, 0) is 29.8 Å². The van der Waals surface area contributed by atoms with E-state index in [2.05, 4.69) is 37.3 Å². The van der Waals surface area contributed by atoms with Gasteiger partial charge in [0.25, 0.3) is 5.91 Å². The van der Waals surface area contributed by atoms with E-state index in [1.807, 2.05) is 30.3 Å². The zero-order valence-corrected chi connectivity index (χ0v) is 18.2. The first-order valence-corrected chi connectivity index (χ1v) is 11.0. The Hall–Kier alpha value is -3.17. The van der Waals surface area contributed by atoms with Gasteiger partial charge in [-0.3, -0.25) is 10.1 Å². The molecule has 0 saturated carbocycles. The van der Waals surface area contributed by atoms with Crippen LogP contribution in [0.3, 0.4) is 0 Å². The molecule has 0 bridgehead atoms. The molecule has 1 aromatic heterocycles. The Balaban J connectivity index is 1.31. The highest BCUT2D eigenvalue weighted by molar-refractivity contribution is 7.10. The molecule has 2 heterocycles. The van der Waals surface area contributed by atoms with Gasteiger partial charge in [-0.25, -0.2) is 4.79 Å². The van der Waals surface area contributed by atoms with Crippen molar-refractivity contribution in [2.75, 3.05) is 36.4 Å². The van der Waals surface area contributed by atoms with Crippen LogP contribution < -0.4 is 15.5 Å². The van der Waals surface area contributed by atoms with Crippen LogP contribution in [-0.2, 0) is 6.54 Å². The number of aromatic nitrogens is 2. The molecule has 3 aromatic rings. The Labute approximate surface area is 189 Å². The number of hydrogen-bond acceptors (Lipinski definition) is 6. The molecule has 0 spiro atoms. The van der Waals surface area contributed by atoms with Gasteiger partial charge in [0.1, 0.15) is 0 Å². The largest absolute Gasteiger partial charge is 0.368 e. The highest BCUT2D eigenvalue weighted by Crippen LogP contribution is 2.20. The minimum Gasteiger partial charge on any atom is -0.368 e.